The fourth-order valence-corrected chi connectivity index (χ4v) is 5.51. The maximum absolute atomic E-state index is 13.2. The summed E-state index contributed by atoms with van der Waals surface area (Å²) in [5.74, 6) is 0.615. The molecule has 0 saturated heterocycles. The summed E-state index contributed by atoms with van der Waals surface area (Å²) in [4.78, 5) is 27.8. The molecule has 1 unspecified atom stereocenters. The van der Waals surface area contributed by atoms with Gasteiger partial charge in [-0.3, -0.25) is 9.59 Å². The molecule has 1 aliphatic rings. The average Bonchev–Trinajstić information content (AvgIpc) is 3.27. The summed E-state index contributed by atoms with van der Waals surface area (Å²) in [6.07, 6.45) is 4.32. The van der Waals surface area contributed by atoms with E-state index in [-0.39, 0.29) is 23.6 Å². The molecule has 3 rings (SSSR count). The van der Waals surface area contributed by atoms with E-state index in [2.05, 4.69) is 5.32 Å². The lowest BCUT2D eigenvalue weighted by atomic mass is 10.1. The highest BCUT2D eigenvalue weighted by Gasteiger charge is 2.28. The largest absolute Gasteiger partial charge is 0.352 e. The molecule has 1 N–H and O–H groups in total. The zero-order valence-corrected chi connectivity index (χ0v) is 20.9. The highest BCUT2D eigenvalue weighted by atomic mass is 35.5. The number of thioether (sulfide) groups is 1. The molecule has 1 saturated carbocycles. The maximum atomic E-state index is 13.2. The number of carbonyl (C=O) groups is 2. The Hall–Kier alpha value is -1.69. The number of carbonyl (C=O) groups excluding carboxylic acids is 2. The van der Waals surface area contributed by atoms with Crippen molar-refractivity contribution in [1.82, 2.24) is 10.2 Å². The zero-order chi connectivity index (χ0) is 23.1. The average molecular weight is 494 g/mol. The van der Waals surface area contributed by atoms with Gasteiger partial charge in [-0.15, -0.1) is 11.8 Å². The number of rotatable bonds is 9. The molecule has 0 aromatic heterocycles. The molecular formula is C25H30Cl2N2O2S. The first kappa shape index (κ1) is 24.9. The van der Waals surface area contributed by atoms with Crippen molar-refractivity contribution in [2.45, 2.75) is 63.9 Å². The van der Waals surface area contributed by atoms with Crippen molar-refractivity contribution >= 4 is 46.8 Å². The van der Waals surface area contributed by atoms with E-state index in [0.717, 1.165) is 42.4 Å². The molecule has 1 fully saturated rings. The van der Waals surface area contributed by atoms with Crippen LogP contribution in [0.15, 0.2) is 42.5 Å². The van der Waals surface area contributed by atoms with Crippen LogP contribution in [0.1, 0.15) is 49.3 Å². The van der Waals surface area contributed by atoms with Gasteiger partial charge in [0.15, 0.2) is 0 Å². The Bertz CT molecular complexity index is 910. The highest BCUT2D eigenvalue weighted by molar-refractivity contribution is 7.99. The van der Waals surface area contributed by atoms with Gasteiger partial charge in [-0.2, -0.15) is 0 Å². The number of hydrogen-bond donors (Lipinski definition) is 1. The normalized spacial score (nSPS) is 14.9. The Morgan fingerprint density at radius 1 is 1.09 bits per heavy atom. The topological polar surface area (TPSA) is 49.4 Å². The van der Waals surface area contributed by atoms with Crippen LogP contribution >= 0.6 is 35.0 Å². The number of halogens is 2. The second-order valence-electron chi connectivity index (χ2n) is 8.37. The summed E-state index contributed by atoms with van der Waals surface area (Å²) in [6, 6.07) is 13.1. The first-order valence-corrected chi connectivity index (χ1v) is 12.9. The lowest BCUT2D eigenvalue weighted by Crippen LogP contribution is -2.50. The van der Waals surface area contributed by atoms with Gasteiger partial charge in [0.2, 0.25) is 11.8 Å². The van der Waals surface area contributed by atoms with Crippen molar-refractivity contribution in [1.29, 1.82) is 0 Å². The molecule has 0 heterocycles. The maximum Gasteiger partial charge on any atom is 0.242 e. The summed E-state index contributed by atoms with van der Waals surface area (Å²) in [5, 5.41) is 4.32. The van der Waals surface area contributed by atoms with Crippen LogP contribution in [0, 0.1) is 6.92 Å². The van der Waals surface area contributed by atoms with Gasteiger partial charge in [-0.05, 0) is 49.9 Å². The Labute approximate surface area is 205 Å². The number of benzene rings is 2. The molecule has 0 radical (unpaired) electrons. The fourth-order valence-electron chi connectivity index (χ4n) is 3.86. The molecule has 1 atom stereocenters. The Morgan fingerprint density at radius 3 is 2.34 bits per heavy atom. The number of hydrogen-bond acceptors (Lipinski definition) is 3. The van der Waals surface area contributed by atoms with Gasteiger partial charge in [-0.25, -0.2) is 0 Å². The van der Waals surface area contributed by atoms with Crippen molar-refractivity contribution in [2.75, 3.05) is 5.75 Å². The van der Waals surface area contributed by atoms with Crippen molar-refractivity contribution < 1.29 is 9.59 Å². The molecule has 172 valence electrons. The molecule has 0 bridgehead atoms. The minimum Gasteiger partial charge on any atom is -0.352 e. The Balaban J connectivity index is 1.67. The monoisotopic (exact) mass is 492 g/mol. The summed E-state index contributed by atoms with van der Waals surface area (Å²) < 4.78 is 0. The van der Waals surface area contributed by atoms with Crippen LogP contribution in [-0.4, -0.2) is 34.6 Å². The zero-order valence-electron chi connectivity index (χ0n) is 18.6. The van der Waals surface area contributed by atoms with Crippen LogP contribution in [0.2, 0.25) is 10.0 Å². The van der Waals surface area contributed by atoms with Crippen molar-refractivity contribution in [2.24, 2.45) is 0 Å². The number of nitrogens with zero attached hydrogens (tertiary/aromatic N) is 1. The number of amides is 2. The molecule has 2 amide bonds. The SMILES string of the molecule is Cc1ccc(CN(C(=O)CSCc2c(Cl)cccc2Cl)C(C)C(=O)NC2CCCC2)cc1. The molecule has 2 aromatic carbocycles. The Morgan fingerprint density at radius 2 is 1.72 bits per heavy atom. The van der Waals surface area contributed by atoms with Crippen LogP contribution in [0.5, 0.6) is 0 Å². The number of aryl methyl sites for hydroxylation is 1. The highest BCUT2D eigenvalue weighted by Crippen LogP contribution is 2.28. The summed E-state index contributed by atoms with van der Waals surface area (Å²) in [6.45, 7) is 4.23. The van der Waals surface area contributed by atoms with E-state index in [4.69, 9.17) is 23.2 Å². The van der Waals surface area contributed by atoms with Gasteiger partial charge >= 0.3 is 0 Å². The third kappa shape index (κ3) is 6.90. The van der Waals surface area contributed by atoms with Crippen LogP contribution in [0.4, 0.5) is 0 Å². The van der Waals surface area contributed by atoms with E-state index in [1.165, 1.54) is 11.8 Å². The van der Waals surface area contributed by atoms with E-state index in [9.17, 15) is 9.59 Å². The van der Waals surface area contributed by atoms with E-state index in [0.29, 0.717) is 22.3 Å². The van der Waals surface area contributed by atoms with Crippen molar-refractivity contribution in [3.63, 3.8) is 0 Å². The first-order chi connectivity index (χ1) is 15.3. The van der Waals surface area contributed by atoms with E-state index >= 15 is 0 Å². The van der Waals surface area contributed by atoms with Crippen LogP contribution < -0.4 is 5.32 Å². The fraction of sp³-hybridized carbons (Fsp3) is 0.440. The van der Waals surface area contributed by atoms with Gasteiger partial charge in [0.25, 0.3) is 0 Å². The van der Waals surface area contributed by atoms with E-state index < -0.39 is 6.04 Å². The second-order valence-corrected chi connectivity index (χ2v) is 10.2. The minimum atomic E-state index is -0.547. The molecule has 0 spiro atoms. The predicted molar refractivity (Wildman–Crippen MR) is 134 cm³/mol. The molecule has 4 nitrogen and oxygen atoms in total. The third-order valence-electron chi connectivity index (χ3n) is 5.88. The molecule has 1 aliphatic carbocycles. The summed E-state index contributed by atoms with van der Waals surface area (Å²) in [7, 11) is 0. The minimum absolute atomic E-state index is 0.0761. The molecule has 0 aliphatic heterocycles. The lowest BCUT2D eigenvalue weighted by molar-refractivity contribution is -0.138. The Kier molecular flexibility index (Phi) is 9.33. The van der Waals surface area contributed by atoms with E-state index in [1.807, 2.05) is 38.1 Å². The smallest absolute Gasteiger partial charge is 0.242 e. The predicted octanol–water partition coefficient (Wildman–Crippen LogP) is 6.01. The van der Waals surface area contributed by atoms with Crippen molar-refractivity contribution in [3.8, 4) is 0 Å². The van der Waals surface area contributed by atoms with Gasteiger partial charge in [-0.1, -0.05) is 71.9 Å². The van der Waals surface area contributed by atoms with Gasteiger partial charge in [0.05, 0.1) is 5.75 Å². The number of nitrogens with one attached hydrogen (secondary N) is 1. The van der Waals surface area contributed by atoms with Crippen LogP contribution in [-0.2, 0) is 21.9 Å². The van der Waals surface area contributed by atoms with Gasteiger partial charge in [0, 0.05) is 28.4 Å². The molecule has 7 heteroatoms. The van der Waals surface area contributed by atoms with Crippen LogP contribution in [0.25, 0.3) is 0 Å². The molecule has 32 heavy (non-hydrogen) atoms. The van der Waals surface area contributed by atoms with E-state index in [1.54, 1.807) is 23.1 Å². The first-order valence-electron chi connectivity index (χ1n) is 11.0. The second kappa shape index (κ2) is 12.0. The summed E-state index contributed by atoms with van der Waals surface area (Å²) >= 11 is 14.0. The quantitative estimate of drug-likeness (QED) is 0.466. The summed E-state index contributed by atoms with van der Waals surface area (Å²) in [5.41, 5.74) is 2.99. The van der Waals surface area contributed by atoms with Crippen LogP contribution in [0.3, 0.4) is 0 Å². The van der Waals surface area contributed by atoms with Crippen molar-refractivity contribution in [3.05, 3.63) is 69.2 Å². The lowest BCUT2D eigenvalue weighted by Gasteiger charge is -2.29. The standard InChI is InChI=1S/C25H30Cl2N2O2S/c1-17-10-12-19(13-11-17)14-29(18(2)25(31)28-20-6-3-4-7-20)24(30)16-32-15-21-22(26)8-5-9-23(21)27/h5,8-13,18,20H,3-4,6-7,14-16H2,1-2H3,(H,28,31). The third-order valence-corrected chi connectivity index (χ3v) is 7.53. The molecular weight excluding hydrogens is 463 g/mol. The molecule has 2 aromatic rings. The van der Waals surface area contributed by atoms with Gasteiger partial charge in [0.1, 0.15) is 6.04 Å². The van der Waals surface area contributed by atoms with Gasteiger partial charge < -0.3 is 10.2 Å².